The maximum Gasteiger partial charge on any atom is 0.316 e. The summed E-state index contributed by atoms with van der Waals surface area (Å²) in [6, 6.07) is 5.37. The predicted molar refractivity (Wildman–Crippen MR) is 120 cm³/mol. The molecule has 0 saturated heterocycles. The first-order valence-corrected chi connectivity index (χ1v) is 11.6. The second-order valence-corrected chi connectivity index (χ2v) is 9.03. The Kier molecular flexibility index (Phi) is 6.07. The Morgan fingerprint density at radius 2 is 1.85 bits per heavy atom. The quantitative estimate of drug-likeness (QED) is 0.550. The van der Waals surface area contributed by atoms with E-state index in [0.717, 1.165) is 62.8 Å². The van der Waals surface area contributed by atoms with Crippen molar-refractivity contribution >= 4 is 5.97 Å². The molecule has 2 heterocycles. The lowest BCUT2D eigenvalue weighted by atomic mass is 9.85. The first kappa shape index (κ1) is 21.6. The zero-order chi connectivity index (χ0) is 22.8. The Balaban J connectivity index is 1.23. The van der Waals surface area contributed by atoms with Gasteiger partial charge in [-0.15, -0.1) is 0 Å². The molecule has 0 amide bonds. The molecule has 8 heteroatoms. The summed E-state index contributed by atoms with van der Waals surface area (Å²) in [6.45, 7) is 0. The fourth-order valence-corrected chi connectivity index (χ4v) is 4.84. The maximum absolute atomic E-state index is 14.9. The molecule has 33 heavy (non-hydrogen) atoms. The third-order valence-electron chi connectivity index (χ3n) is 6.67. The zero-order valence-electron chi connectivity index (χ0n) is 18.4. The first-order valence-electron chi connectivity index (χ1n) is 11.6. The lowest BCUT2D eigenvalue weighted by molar-refractivity contribution is -0.138. The third kappa shape index (κ3) is 4.89. The predicted octanol–water partition coefficient (Wildman–Crippen LogP) is 4.96. The van der Waals surface area contributed by atoms with E-state index in [9.17, 15) is 9.18 Å². The van der Waals surface area contributed by atoms with Crippen molar-refractivity contribution in [2.24, 2.45) is 5.92 Å². The van der Waals surface area contributed by atoms with E-state index in [4.69, 9.17) is 9.84 Å². The fraction of sp³-hybridized carbons (Fsp3) is 0.440. The molecular weight excluding hydrogens is 423 g/mol. The minimum atomic E-state index is -0.744. The molecule has 2 aromatic heterocycles. The number of rotatable bonds is 6. The molecule has 2 N–H and O–H groups in total. The molecule has 0 radical (unpaired) electrons. The van der Waals surface area contributed by atoms with Gasteiger partial charge in [-0.1, -0.05) is 6.07 Å². The molecule has 1 saturated carbocycles. The second kappa shape index (κ2) is 9.29. The van der Waals surface area contributed by atoms with Crippen molar-refractivity contribution in [2.45, 2.75) is 63.9 Å². The van der Waals surface area contributed by atoms with Gasteiger partial charge in [0.15, 0.2) is 0 Å². The van der Waals surface area contributed by atoms with Gasteiger partial charge in [0.05, 0.1) is 11.3 Å². The monoisotopic (exact) mass is 450 g/mol. The number of aromatic amines is 1. The molecule has 0 atom stereocenters. The van der Waals surface area contributed by atoms with Gasteiger partial charge in [-0.2, -0.15) is 0 Å². The molecule has 7 nitrogen and oxygen atoms in total. The Morgan fingerprint density at radius 1 is 1.09 bits per heavy atom. The smallest absolute Gasteiger partial charge is 0.316 e. The number of halogens is 1. The maximum atomic E-state index is 14.9. The first-order chi connectivity index (χ1) is 16.0. The zero-order valence-corrected chi connectivity index (χ0v) is 18.4. The van der Waals surface area contributed by atoms with Crippen LogP contribution in [0.1, 0.15) is 56.3 Å². The lowest BCUT2D eigenvalue weighted by Crippen LogP contribution is -2.25. The molecule has 3 aromatic rings. The highest BCUT2D eigenvalue weighted by molar-refractivity contribution is 5.68. The van der Waals surface area contributed by atoms with Crippen molar-refractivity contribution in [2.75, 3.05) is 0 Å². The minimum absolute atomic E-state index is 0.00302. The van der Waals surface area contributed by atoms with Crippen molar-refractivity contribution in [3.05, 3.63) is 47.8 Å². The highest BCUT2D eigenvalue weighted by Gasteiger charge is 2.24. The summed E-state index contributed by atoms with van der Waals surface area (Å²) in [5.74, 6) is -0.276. The molecule has 0 aliphatic heterocycles. The number of ether oxygens (including phenoxy) is 1. The normalized spacial score (nSPS) is 20.3. The number of benzene rings is 1. The molecule has 0 unspecified atom stereocenters. The van der Waals surface area contributed by atoms with Crippen LogP contribution < -0.4 is 4.74 Å². The molecule has 0 spiro atoms. The van der Waals surface area contributed by atoms with E-state index < -0.39 is 5.97 Å². The summed E-state index contributed by atoms with van der Waals surface area (Å²) in [4.78, 5) is 27.4. The van der Waals surface area contributed by atoms with Crippen molar-refractivity contribution < 1.29 is 19.0 Å². The van der Waals surface area contributed by atoms with E-state index in [1.807, 2.05) is 6.07 Å². The number of carbonyl (C=O) groups is 1. The second-order valence-electron chi connectivity index (χ2n) is 9.03. The van der Waals surface area contributed by atoms with Crippen molar-refractivity contribution in [3.8, 4) is 28.5 Å². The standard InChI is InChI=1S/C25H27FN4O3/c26-20-12-16(7-10-19(20)24-29-21-3-1-2-4-22(21)30-24)17-13-27-25(28-14-17)33-18-8-5-15(6-9-18)11-23(31)32/h7,10,12-15,18H,1-6,8-9,11H2,(H,29,30)(H,31,32)/t15-,18-. The number of fused-ring (bicyclic) bond motifs is 1. The van der Waals surface area contributed by atoms with Gasteiger partial charge < -0.3 is 14.8 Å². The van der Waals surface area contributed by atoms with E-state index in [-0.39, 0.29) is 24.3 Å². The summed E-state index contributed by atoms with van der Waals surface area (Å²) in [7, 11) is 0. The van der Waals surface area contributed by atoms with Gasteiger partial charge in [0.1, 0.15) is 17.7 Å². The Bertz CT molecular complexity index is 1110. The van der Waals surface area contributed by atoms with Crippen LogP contribution in [0.5, 0.6) is 6.01 Å². The number of hydrogen-bond acceptors (Lipinski definition) is 5. The number of nitrogens with zero attached hydrogens (tertiary/aromatic N) is 3. The van der Waals surface area contributed by atoms with Crippen LogP contribution >= 0.6 is 0 Å². The van der Waals surface area contributed by atoms with Crippen molar-refractivity contribution in [1.29, 1.82) is 0 Å². The van der Waals surface area contributed by atoms with Crippen LogP contribution in [0.25, 0.3) is 22.5 Å². The lowest BCUT2D eigenvalue weighted by Gasteiger charge is -2.27. The Labute approximate surface area is 191 Å². The number of carboxylic acid groups (broad SMARTS) is 1. The van der Waals surface area contributed by atoms with Gasteiger partial charge in [-0.25, -0.2) is 19.3 Å². The van der Waals surface area contributed by atoms with Gasteiger partial charge in [-0.05, 0) is 75.0 Å². The molecule has 1 aromatic carbocycles. The minimum Gasteiger partial charge on any atom is -0.481 e. The summed E-state index contributed by atoms with van der Waals surface area (Å²) in [6.07, 6.45) is 10.9. The molecule has 1 fully saturated rings. The van der Waals surface area contributed by atoms with Crippen LogP contribution in [0.3, 0.4) is 0 Å². The molecule has 172 valence electrons. The highest BCUT2D eigenvalue weighted by Crippen LogP contribution is 2.31. The van der Waals surface area contributed by atoms with Crippen LogP contribution in [0.15, 0.2) is 30.6 Å². The molecule has 2 aliphatic rings. The van der Waals surface area contributed by atoms with Gasteiger partial charge in [0.25, 0.3) is 0 Å². The number of aromatic nitrogens is 4. The van der Waals surface area contributed by atoms with E-state index in [2.05, 4.69) is 19.9 Å². The van der Waals surface area contributed by atoms with E-state index in [1.165, 1.54) is 6.07 Å². The summed E-state index contributed by atoms with van der Waals surface area (Å²) >= 11 is 0. The Hall–Kier alpha value is -3.29. The van der Waals surface area contributed by atoms with Gasteiger partial charge in [0.2, 0.25) is 0 Å². The van der Waals surface area contributed by atoms with Crippen molar-refractivity contribution in [1.82, 2.24) is 19.9 Å². The molecule has 5 rings (SSSR count). The van der Waals surface area contributed by atoms with Crippen LogP contribution in [0.4, 0.5) is 4.39 Å². The van der Waals surface area contributed by atoms with Crippen LogP contribution in [-0.2, 0) is 17.6 Å². The average molecular weight is 451 g/mol. The summed E-state index contributed by atoms with van der Waals surface area (Å²) in [5.41, 5.74) is 4.04. The van der Waals surface area contributed by atoms with Crippen LogP contribution in [-0.4, -0.2) is 37.1 Å². The Morgan fingerprint density at radius 3 is 2.55 bits per heavy atom. The third-order valence-corrected chi connectivity index (χ3v) is 6.67. The van der Waals surface area contributed by atoms with Crippen LogP contribution in [0.2, 0.25) is 0 Å². The topological polar surface area (TPSA) is 101 Å². The van der Waals surface area contributed by atoms with E-state index in [1.54, 1.807) is 18.5 Å². The molecular formula is C25H27FN4O3. The summed E-state index contributed by atoms with van der Waals surface area (Å²) < 4.78 is 20.8. The van der Waals surface area contributed by atoms with Gasteiger partial charge in [0, 0.05) is 30.1 Å². The largest absolute Gasteiger partial charge is 0.481 e. The number of nitrogens with one attached hydrogen (secondary N) is 1. The van der Waals surface area contributed by atoms with Crippen molar-refractivity contribution in [3.63, 3.8) is 0 Å². The van der Waals surface area contributed by atoms with Gasteiger partial charge >= 0.3 is 12.0 Å². The van der Waals surface area contributed by atoms with Crippen LogP contribution in [0, 0.1) is 11.7 Å². The molecule has 2 aliphatic carbocycles. The SMILES string of the molecule is O=C(O)C[C@H]1CC[C@H](Oc2ncc(-c3ccc(-c4nc5c([nH]4)CCCC5)c(F)c3)cn2)CC1. The highest BCUT2D eigenvalue weighted by atomic mass is 19.1. The number of H-pyrrole nitrogens is 1. The van der Waals surface area contributed by atoms with E-state index >= 15 is 0 Å². The average Bonchev–Trinajstić information content (AvgIpc) is 3.24. The fourth-order valence-electron chi connectivity index (χ4n) is 4.84. The number of aryl methyl sites for hydroxylation is 2. The van der Waals surface area contributed by atoms with E-state index in [0.29, 0.717) is 28.5 Å². The number of carboxylic acids is 1. The number of imidazole rings is 1. The number of aliphatic carboxylic acids is 1. The number of hydrogen-bond donors (Lipinski definition) is 2. The summed E-state index contributed by atoms with van der Waals surface area (Å²) in [5, 5.41) is 8.93. The molecule has 0 bridgehead atoms. The van der Waals surface area contributed by atoms with Gasteiger partial charge in [-0.3, -0.25) is 4.79 Å².